The summed E-state index contributed by atoms with van der Waals surface area (Å²) in [7, 11) is 3.29. The predicted molar refractivity (Wildman–Crippen MR) is 196 cm³/mol. The van der Waals surface area contributed by atoms with Gasteiger partial charge in [-0.1, -0.05) is 66.7 Å². The van der Waals surface area contributed by atoms with Crippen molar-refractivity contribution in [1.29, 1.82) is 0 Å². The number of carbonyl (C=O) groups excluding carboxylic acids is 1. The van der Waals surface area contributed by atoms with Crippen molar-refractivity contribution < 1.29 is 38.0 Å². The number of hydrogen-bond acceptors (Lipinski definition) is 8. The molecule has 0 radical (unpaired) electrons. The summed E-state index contributed by atoms with van der Waals surface area (Å²) in [5.74, 6) is 2.15. The van der Waals surface area contributed by atoms with Crippen LogP contribution in [0.25, 0.3) is 0 Å². The standard InChI is InChI=1S/C42H51NO8/c1-42(2,3)51-41(44)43-26-38(49-29-32-12-18-35(45-4)19-13-32)40(39(27-43)50-30-33-14-20-36(46-5)21-15-33)34-16-22-37(23-17-34)48-25-9-24-47-28-31-10-7-6-8-11-31/h6-8,10-23,38-40H,9,24-30H2,1-5H3. The van der Waals surface area contributed by atoms with Crippen LogP contribution < -0.4 is 14.2 Å². The van der Waals surface area contributed by atoms with Gasteiger partial charge < -0.3 is 38.1 Å². The van der Waals surface area contributed by atoms with Gasteiger partial charge in [-0.15, -0.1) is 0 Å². The maximum atomic E-state index is 13.5. The van der Waals surface area contributed by atoms with E-state index >= 15 is 0 Å². The molecular formula is C42H51NO8. The molecule has 1 aliphatic rings. The number of piperidine rings is 1. The minimum atomic E-state index is -0.642. The maximum Gasteiger partial charge on any atom is 0.410 e. The van der Waals surface area contributed by atoms with Gasteiger partial charge in [0.05, 0.1) is 72.6 Å². The molecule has 1 amide bonds. The van der Waals surface area contributed by atoms with Gasteiger partial charge in [0.15, 0.2) is 0 Å². The Labute approximate surface area is 302 Å². The number of hydrogen-bond donors (Lipinski definition) is 0. The van der Waals surface area contributed by atoms with Crippen LogP contribution in [0.15, 0.2) is 103 Å². The lowest BCUT2D eigenvalue weighted by Crippen LogP contribution is -2.55. The maximum absolute atomic E-state index is 13.5. The van der Waals surface area contributed by atoms with E-state index in [1.54, 1.807) is 19.1 Å². The Hall–Kier alpha value is -4.57. The van der Waals surface area contributed by atoms with Crippen LogP contribution in [0.2, 0.25) is 0 Å². The minimum Gasteiger partial charge on any atom is -0.497 e. The molecule has 0 aliphatic carbocycles. The first kappa shape index (κ1) is 37.7. The van der Waals surface area contributed by atoms with Crippen LogP contribution in [0.1, 0.15) is 55.4 Å². The average molecular weight is 698 g/mol. The molecule has 4 aromatic carbocycles. The van der Waals surface area contributed by atoms with Gasteiger partial charge in [-0.05, 0) is 79.4 Å². The van der Waals surface area contributed by atoms with Crippen molar-refractivity contribution in [3.05, 3.63) is 125 Å². The number of rotatable bonds is 16. The van der Waals surface area contributed by atoms with Gasteiger partial charge in [-0.2, -0.15) is 0 Å². The molecule has 1 saturated heterocycles. The van der Waals surface area contributed by atoms with E-state index in [1.807, 2.05) is 99.6 Å². The van der Waals surface area contributed by atoms with Crippen LogP contribution in [0.5, 0.6) is 17.2 Å². The Bertz CT molecular complexity index is 1540. The summed E-state index contributed by atoms with van der Waals surface area (Å²) in [6.07, 6.45) is -0.389. The molecule has 0 aromatic heterocycles. The first-order chi connectivity index (χ1) is 24.7. The van der Waals surface area contributed by atoms with Crippen molar-refractivity contribution in [3.8, 4) is 17.2 Å². The molecular weight excluding hydrogens is 646 g/mol. The Morgan fingerprint density at radius 1 is 0.647 bits per heavy atom. The van der Waals surface area contributed by atoms with Crippen LogP contribution in [0, 0.1) is 0 Å². The van der Waals surface area contributed by atoms with E-state index in [1.165, 1.54) is 0 Å². The Morgan fingerprint density at radius 3 is 1.67 bits per heavy atom. The molecule has 0 saturated carbocycles. The smallest absolute Gasteiger partial charge is 0.410 e. The fourth-order valence-electron chi connectivity index (χ4n) is 5.94. The molecule has 0 bridgehead atoms. The predicted octanol–water partition coefficient (Wildman–Crippen LogP) is 8.19. The van der Waals surface area contributed by atoms with Gasteiger partial charge >= 0.3 is 6.09 Å². The third-order valence-corrected chi connectivity index (χ3v) is 8.58. The lowest BCUT2D eigenvalue weighted by atomic mass is 9.84. The second-order valence-corrected chi connectivity index (χ2v) is 13.6. The van der Waals surface area contributed by atoms with E-state index in [9.17, 15) is 4.79 Å². The lowest BCUT2D eigenvalue weighted by Gasteiger charge is -2.43. The Kier molecular flexibility index (Phi) is 13.7. The highest BCUT2D eigenvalue weighted by Gasteiger charge is 2.42. The third kappa shape index (κ3) is 11.7. The highest BCUT2D eigenvalue weighted by atomic mass is 16.6. The van der Waals surface area contributed by atoms with E-state index in [0.29, 0.717) is 46.1 Å². The SMILES string of the molecule is COc1ccc(COC2CN(C(=O)OC(C)(C)C)CC(OCc3ccc(OC)cc3)C2c2ccc(OCCCOCc3ccccc3)cc2)cc1. The van der Waals surface area contributed by atoms with Crippen molar-refractivity contribution in [2.24, 2.45) is 0 Å². The quantitative estimate of drug-likeness (QED) is 0.108. The molecule has 4 aromatic rings. The zero-order chi connectivity index (χ0) is 36.1. The van der Waals surface area contributed by atoms with Gasteiger partial charge in [0.2, 0.25) is 0 Å². The summed E-state index contributed by atoms with van der Waals surface area (Å²) in [6.45, 7) is 8.76. The van der Waals surface area contributed by atoms with Crippen molar-refractivity contribution in [3.63, 3.8) is 0 Å². The van der Waals surface area contributed by atoms with Crippen LogP contribution in [-0.4, -0.2) is 69.3 Å². The molecule has 1 aliphatic heterocycles. The Morgan fingerprint density at radius 2 is 1.16 bits per heavy atom. The third-order valence-electron chi connectivity index (χ3n) is 8.58. The monoisotopic (exact) mass is 697 g/mol. The number of methoxy groups -OCH3 is 2. The summed E-state index contributed by atoms with van der Waals surface area (Å²) in [5, 5.41) is 0. The van der Waals surface area contributed by atoms with E-state index in [2.05, 4.69) is 24.3 Å². The number of likely N-dealkylation sites (tertiary alicyclic amines) is 1. The van der Waals surface area contributed by atoms with Crippen LogP contribution >= 0.6 is 0 Å². The van der Waals surface area contributed by atoms with Crippen molar-refractivity contribution in [2.45, 2.75) is 70.7 Å². The molecule has 51 heavy (non-hydrogen) atoms. The average Bonchev–Trinajstić information content (AvgIpc) is 3.14. The molecule has 0 spiro atoms. The van der Waals surface area contributed by atoms with Crippen LogP contribution in [0.4, 0.5) is 4.79 Å². The van der Waals surface area contributed by atoms with Crippen molar-refractivity contribution >= 4 is 6.09 Å². The summed E-state index contributed by atoms with van der Waals surface area (Å²) < 4.78 is 41.7. The number of nitrogens with zero attached hydrogens (tertiary/aromatic N) is 1. The molecule has 1 fully saturated rings. The van der Waals surface area contributed by atoms with Gasteiger partial charge in [-0.3, -0.25) is 0 Å². The zero-order valence-electron chi connectivity index (χ0n) is 30.4. The summed E-state index contributed by atoms with van der Waals surface area (Å²) >= 11 is 0. The van der Waals surface area contributed by atoms with E-state index < -0.39 is 11.7 Å². The number of carbonyl (C=O) groups is 1. The molecule has 5 rings (SSSR count). The van der Waals surface area contributed by atoms with Crippen molar-refractivity contribution in [1.82, 2.24) is 4.90 Å². The number of benzene rings is 4. The fraction of sp³-hybridized carbons (Fsp3) is 0.405. The molecule has 9 heteroatoms. The number of ether oxygens (including phenoxy) is 7. The summed E-state index contributed by atoms with van der Waals surface area (Å²) in [6, 6.07) is 33.9. The van der Waals surface area contributed by atoms with Gasteiger partial charge in [0.25, 0.3) is 0 Å². The van der Waals surface area contributed by atoms with Crippen molar-refractivity contribution in [2.75, 3.05) is 40.5 Å². The lowest BCUT2D eigenvalue weighted by molar-refractivity contribution is -0.100. The first-order valence-electron chi connectivity index (χ1n) is 17.5. The molecule has 2 atom stereocenters. The van der Waals surface area contributed by atoms with E-state index in [4.69, 9.17) is 33.2 Å². The second kappa shape index (κ2) is 18.6. The first-order valence-corrected chi connectivity index (χ1v) is 17.5. The van der Waals surface area contributed by atoms with E-state index in [-0.39, 0.29) is 18.1 Å². The number of amides is 1. The Balaban J connectivity index is 1.31. The summed E-state index contributed by atoms with van der Waals surface area (Å²) in [4.78, 5) is 15.2. The topological polar surface area (TPSA) is 84.9 Å². The largest absolute Gasteiger partial charge is 0.497 e. The van der Waals surface area contributed by atoms with E-state index in [0.717, 1.165) is 45.9 Å². The molecule has 1 heterocycles. The highest BCUT2D eigenvalue weighted by molar-refractivity contribution is 5.68. The molecule has 0 N–H and O–H groups in total. The summed E-state index contributed by atoms with van der Waals surface area (Å²) in [5.41, 5.74) is 3.55. The molecule has 272 valence electrons. The van der Waals surface area contributed by atoms with Gasteiger partial charge in [0.1, 0.15) is 22.8 Å². The van der Waals surface area contributed by atoms with Crippen LogP contribution in [-0.2, 0) is 38.8 Å². The van der Waals surface area contributed by atoms with Gasteiger partial charge in [-0.25, -0.2) is 4.79 Å². The molecule has 2 unspecified atom stereocenters. The zero-order valence-corrected chi connectivity index (χ0v) is 30.4. The van der Waals surface area contributed by atoms with Crippen LogP contribution in [0.3, 0.4) is 0 Å². The van der Waals surface area contributed by atoms with Gasteiger partial charge in [0, 0.05) is 12.3 Å². The highest BCUT2D eigenvalue weighted by Crippen LogP contribution is 2.35. The normalized spacial score (nSPS) is 17.5. The minimum absolute atomic E-state index is 0.180. The second-order valence-electron chi connectivity index (χ2n) is 13.6. The fourth-order valence-corrected chi connectivity index (χ4v) is 5.94. The molecule has 9 nitrogen and oxygen atoms in total.